The van der Waals surface area contributed by atoms with Crippen LogP contribution in [0.4, 0.5) is 0 Å². The Kier molecular flexibility index (Phi) is 6.65. The zero-order valence-electron chi connectivity index (χ0n) is 13.0. The summed E-state index contributed by atoms with van der Waals surface area (Å²) in [5.41, 5.74) is 6.28. The third kappa shape index (κ3) is 5.27. The summed E-state index contributed by atoms with van der Waals surface area (Å²) in [6, 6.07) is 0. The molecule has 2 N–H and O–H groups in total. The average Bonchev–Trinajstić information content (AvgIpc) is 2.55. The number of nitrogens with two attached hydrogens (primary N) is 1. The maximum absolute atomic E-state index is 5.79. The van der Waals surface area contributed by atoms with Crippen molar-refractivity contribution in [3.05, 3.63) is 0 Å². The Bertz CT molecular complexity index is 216. The van der Waals surface area contributed by atoms with Gasteiger partial charge in [-0.3, -0.25) is 0 Å². The van der Waals surface area contributed by atoms with Gasteiger partial charge >= 0.3 is 0 Å². The zero-order valence-corrected chi connectivity index (χ0v) is 13.0. The second-order valence-corrected chi connectivity index (χ2v) is 7.13. The van der Waals surface area contributed by atoms with Crippen LogP contribution in [0.1, 0.15) is 59.8 Å². The molecular weight excluding hydrogens is 220 g/mol. The summed E-state index contributed by atoms with van der Waals surface area (Å²) < 4.78 is 0. The van der Waals surface area contributed by atoms with Crippen molar-refractivity contribution >= 4 is 0 Å². The van der Waals surface area contributed by atoms with Crippen LogP contribution < -0.4 is 5.73 Å². The minimum absolute atomic E-state index is 0.485. The molecule has 1 aliphatic heterocycles. The van der Waals surface area contributed by atoms with Gasteiger partial charge in [0.2, 0.25) is 0 Å². The van der Waals surface area contributed by atoms with Gasteiger partial charge in [-0.2, -0.15) is 0 Å². The second-order valence-electron chi connectivity index (χ2n) is 7.13. The van der Waals surface area contributed by atoms with E-state index in [-0.39, 0.29) is 0 Å². The second kappa shape index (κ2) is 7.49. The van der Waals surface area contributed by atoms with Crippen LogP contribution >= 0.6 is 0 Å². The lowest BCUT2D eigenvalue weighted by Crippen LogP contribution is -2.29. The summed E-state index contributed by atoms with van der Waals surface area (Å²) in [5.74, 6) is 1.63. The van der Waals surface area contributed by atoms with Crippen LogP contribution in [0.2, 0.25) is 0 Å². The van der Waals surface area contributed by atoms with E-state index in [2.05, 4.69) is 32.6 Å². The van der Waals surface area contributed by atoms with Crippen molar-refractivity contribution in [3.8, 4) is 0 Å². The molecule has 2 atom stereocenters. The predicted octanol–water partition coefficient (Wildman–Crippen LogP) is 3.51. The first-order valence-electron chi connectivity index (χ1n) is 7.89. The number of likely N-dealkylation sites (tertiary alicyclic amines) is 1. The molecule has 0 aromatic carbocycles. The fourth-order valence-electron chi connectivity index (χ4n) is 3.10. The molecule has 0 spiro atoms. The fourth-order valence-corrected chi connectivity index (χ4v) is 3.10. The van der Waals surface area contributed by atoms with Gasteiger partial charge in [0.15, 0.2) is 0 Å². The van der Waals surface area contributed by atoms with Gasteiger partial charge in [0.25, 0.3) is 0 Å². The normalized spacial score (nSPS) is 24.8. The van der Waals surface area contributed by atoms with E-state index in [1.807, 2.05) is 0 Å². The molecular formula is C16H34N2. The van der Waals surface area contributed by atoms with Crippen molar-refractivity contribution in [1.29, 1.82) is 0 Å². The van der Waals surface area contributed by atoms with E-state index in [1.54, 1.807) is 0 Å². The maximum Gasteiger partial charge on any atom is -0.00156 e. The molecule has 0 radical (unpaired) electrons. The van der Waals surface area contributed by atoms with Gasteiger partial charge in [-0.05, 0) is 69.1 Å². The van der Waals surface area contributed by atoms with Crippen molar-refractivity contribution < 1.29 is 0 Å². The summed E-state index contributed by atoms with van der Waals surface area (Å²) in [6.07, 6.45) is 6.68. The van der Waals surface area contributed by atoms with Crippen LogP contribution in [0.3, 0.4) is 0 Å². The number of nitrogens with zero attached hydrogens (tertiary/aromatic N) is 1. The van der Waals surface area contributed by atoms with Gasteiger partial charge in [0, 0.05) is 0 Å². The standard InChI is InChI=1S/C16H34N2/c1-5-14(13-17)8-11-18-10-6-7-15(9-12-18)16(2,3)4/h14-15H,5-13,17H2,1-4H3. The summed E-state index contributed by atoms with van der Waals surface area (Å²) in [5, 5.41) is 0. The van der Waals surface area contributed by atoms with Crippen LogP contribution in [0.5, 0.6) is 0 Å². The molecule has 1 fully saturated rings. The van der Waals surface area contributed by atoms with Gasteiger partial charge in [-0.1, -0.05) is 34.1 Å². The Balaban J connectivity index is 2.33. The minimum Gasteiger partial charge on any atom is -0.330 e. The SMILES string of the molecule is CCC(CN)CCN1CCCC(C(C)(C)C)CC1. The first-order valence-corrected chi connectivity index (χ1v) is 7.89. The van der Waals surface area contributed by atoms with Gasteiger partial charge < -0.3 is 10.6 Å². The molecule has 0 aliphatic carbocycles. The maximum atomic E-state index is 5.79. The summed E-state index contributed by atoms with van der Waals surface area (Å²) in [6.45, 7) is 14.2. The van der Waals surface area contributed by atoms with E-state index in [0.29, 0.717) is 5.41 Å². The highest BCUT2D eigenvalue weighted by Gasteiger charge is 2.26. The van der Waals surface area contributed by atoms with Crippen LogP contribution in [-0.2, 0) is 0 Å². The lowest BCUT2D eigenvalue weighted by atomic mass is 9.77. The summed E-state index contributed by atoms with van der Waals surface area (Å²) in [7, 11) is 0. The van der Waals surface area contributed by atoms with Crippen LogP contribution in [0, 0.1) is 17.3 Å². The Labute approximate surface area is 114 Å². The van der Waals surface area contributed by atoms with Gasteiger partial charge in [0.1, 0.15) is 0 Å². The average molecular weight is 254 g/mol. The van der Waals surface area contributed by atoms with Crippen molar-refractivity contribution in [2.45, 2.75) is 59.8 Å². The van der Waals surface area contributed by atoms with Gasteiger partial charge in [-0.25, -0.2) is 0 Å². The highest BCUT2D eigenvalue weighted by Crippen LogP contribution is 2.34. The third-order valence-electron chi connectivity index (χ3n) is 4.81. The molecule has 0 saturated carbocycles. The Hall–Kier alpha value is -0.0800. The Morgan fingerprint density at radius 1 is 1.22 bits per heavy atom. The quantitative estimate of drug-likeness (QED) is 0.813. The van der Waals surface area contributed by atoms with E-state index in [0.717, 1.165) is 18.4 Å². The Morgan fingerprint density at radius 3 is 2.50 bits per heavy atom. The molecule has 108 valence electrons. The van der Waals surface area contributed by atoms with Crippen LogP contribution in [-0.4, -0.2) is 31.1 Å². The van der Waals surface area contributed by atoms with E-state index in [9.17, 15) is 0 Å². The monoisotopic (exact) mass is 254 g/mol. The topological polar surface area (TPSA) is 29.3 Å². The van der Waals surface area contributed by atoms with Gasteiger partial charge in [-0.15, -0.1) is 0 Å². The van der Waals surface area contributed by atoms with Crippen molar-refractivity contribution in [1.82, 2.24) is 4.90 Å². The first-order chi connectivity index (χ1) is 8.47. The molecule has 2 unspecified atom stereocenters. The van der Waals surface area contributed by atoms with Crippen molar-refractivity contribution in [2.75, 3.05) is 26.2 Å². The number of hydrogen-bond donors (Lipinski definition) is 1. The van der Waals surface area contributed by atoms with Crippen molar-refractivity contribution in [2.24, 2.45) is 23.0 Å². The fraction of sp³-hybridized carbons (Fsp3) is 1.00. The van der Waals surface area contributed by atoms with Gasteiger partial charge in [0.05, 0.1) is 0 Å². The molecule has 1 rings (SSSR count). The number of rotatable bonds is 5. The highest BCUT2D eigenvalue weighted by molar-refractivity contribution is 4.79. The molecule has 2 heteroatoms. The first kappa shape index (κ1) is 16.0. The van der Waals surface area contributed by atoms with E-state index >= 15 is 0 Å². The lowest BCUT2D eigenvalue weighted by Gasteiger charge is -2.30. The molecule has 1 aliphatic rings. The number of hydrogen-bond acceptors (Lipinski definition) is 2. The smallest absolute Gasteiger partial charge is 0.00156 e. The molecule has 2 nitrogen and oxygen atoms in total. The predicted molar refractivity (Wildman–Crippen MR) is 80.7 cm³/mol. The lowest BCUT2D eigenvalue weighted by molar-refractivity contribution is 0.205. The zero-order chi connectivity index (χ0) is 13.6. The van der Waals surface area contributed by atoms with E-state index in [4.69, 9.17) is 5.73 Å². The highest BCUT2D eigenvalue weighted by atomic mass is 15.1. The molecule has 0 aromatic rings. The molecule has 18 heavy (non-hydrogen) atoms. The third-order valence-corrected chi connectivity index (χ3v) is 4.81. The molecule has 1 heterocycles. The Morgan fingerprint density at radius 2 is 1.94 bits per heavy atom. The molecule has 1 saturated heterocycles. The van der Waals surface area contributed by atoms with Crippen molar-refractivity contribution in [3.63, 3.8) is 0 Å². The van der Waals surface area contributed by atoms with E-state index < -0.39 is 0 Å². The molecule has 0 amide bonds. The van der Waals surface area contributed by atoms with Crippen LogP contribution in [0.25, 0.3) is 0 Å². The van der Waals surface area contributed by atoms with Crippen LogP contribution in [0.15, 0.2) is 0 Å². The largest absolute Gasteiger partial charge is 0.330 e. The minimum atomic E-state index is 0.485. The van der Waals surface area contributed by atoms with E-state index in [1.165, 1.54) is 51.7 Å². The summed E-state index contributed by atoms with van der Waals surface area (Å²) in [4.78, 5) is 2.67. The summed E-state index contributed by atoms with van der Waals surface area (Å²) >= 11 is 0. The molecule has 0 bridgehead atoms. The molecule has 0 aromatic heterocycles.